The van der Waals surface area contributed by atoms with Crippen molar-refractivity contribution in [3.8, 4) is 17.1 Å². The van der Waals surface area contributed by atoms with Crippen LogP contribution in [-0.2, 0) is 23.1 Å². The number of pyridine rings is 1. The van der Waals surface area contributed by atoms with Gasteiger partial charge in [0.15, 0.2) is 0 Å². The van der Waals surface area contributed by atoms with Crippen LogP contribution in [0.5, 0.6) is 5.88 Å². The van der Waals surface area contributed by atoms with Crippen LogP contribution in [0.3, 0.4) is 0 Å². The number of aliphatic imine (C=N–C) groups is 1. The Balaban J connectivity index is 0.917. The molecule has 3 atom stereocenters. The maximum Gasteiger partial charge on any atom is 0.280 e. The second kappa shape index (κ2) is 17.8. The standard InChI is InChI=1S/C46H53F2N9O5/c1-26-7-6-18-62-45-34(24-49-55(45)5)38-22-32(19-27(2)50-38)42(59)53-46-51-37-10-8-31(23-39(37)57(46)25-26)44(61)54(4)28(3)30-13-16-56(17-14-30)15-12-29-20-35(47)41(36(48)21-29)33-9-11-40(58)52-43(33)60/h8,10,19-24,26,28,30,33H,6-7,9,11-18,25H2,1-5H3,(H,51,53,59)(H,52,58,60)/t26-,28+,33-/m1/s1. The Bertz CT molecular complexity index is 2420. The number of halogens is 2. The smallest absolute Gasteiger partial charge is 0.280 e. The highest BCUT2D eigenvalue weighted by atomic mass is 19.1. The van der Waals surface area contributed by atoms with E-state index in [-0.39, 0.29) is 42.2 Å². The quantitative estimate of drug-likeness (QED) is 0.204. The Kier molecular flexibility index (Phi) is 12.2. The van der Waals surface area contributed by atoms with Crippen LogP contribution in [0.2, 0.25) is 0 Å². The van der Waals surface area contributed by atoms with Crippen LogP contribution in [0.15, 0.2) is 53.7 Å². The number of guanidine groups is 1. The van der Waals surface area contributed by atoms with Crippen LogP contribution in [0.4, 0.5) is 20.2 Å². The minimum Gasteiger partial charge on any atom is -0.477 e. The van der Waals surface area contributed by atoms with Crippen LogP contribution in [0.25, 0.3) is 11.3 Å². The number of fused-ring (bicyclic) bond motifs is 7. The molecule has 4 amide bonds. The number of anilines is 2. The van der Waals surface area contributed by atoms with E-state index in [2.05, 4.69) is 44.5 Å². The van der Waals surface area contributed by atoms with E-state index < -0.39 is 35.3 Å². The third kappa shape index (κ3) is 8.83. The first-order valence-corrected chi connectivity index (χ1v) is 21.5. The van der Waals surface area contributed by atoms with Gasteiger partial charge in [-0.05, 0) is 125 Å². The molecule has 0 saturated carbocycles. The Morgan fingerprint density at radius 1 is 1.02 bits per heavy atom. The number of carbonyl (C=O) groups is 4. The van der Waals surface area contributed by atoms with E-state index in [0.29, 0.717) is 71.6 Å². The molecule has 2 fully saturated rings. The summed E-state index contributed by atoms with van der Waals surface area (Å²) < 4.78 is 38.1. The topological polar surface area (TPSA) is 154 Å². The molecule has 6 heterocycles. The molecule has 0 radical (unpaired) electrons. The molecule has 4 aliphatic rings. The molecule has 0 aliphatic carbocycles. The number of aryl methyl sites for hydroxylation is 2. The van der Waals surface area contributed by atoms with Crippen molar-refractivity contribution in [3.05, 3.63) is 88.2 Å². The highest BCUT2D eigenvalue weighted by molar-refractivity contribution is 6.19. The van der Waals surface area contributed by atoms with Crippen molar-refractivity contribution >= 4 is 41.0 Å². The number of nitrogens with one attached hydrogen (secondary N) is 2. The van der Waals surface area contributed by atoms with E-state index in [1.807, 2.05) is 49.0 Å². The van der Waals surface area contributed by atoms with Gasteiger partial charge in [0, 0.05) is 62.0 Å². The van der Waals surface area contributed by atoms with Gasteiger partial charge in [-0.2, -0.15) is 10.1 Å². The average molecular weight is 850 g/mol. The second-order valence-electron chi connectivity index (χ2n) is 17.2. The molecule has 2 aromatic carbocycles. The van der Waals surface area contributed by atoms with Crippen LogP contribution >= 0.6 is 0 Å². The Labute approximate surface area is 359 Å². The summed E-state index contributed by atoms with van der Waals surface area (Å²) in [6, 6.07) is 11.5. The summed E-state index contributed by atoms with van der Waals surface area (Å²) in [5.74, 6) is -2.76. The normalized spacial score (nSPS) is 21.2. The molecule has 62 heavy (non-hydrogen) atoms. The molecule has 0 unspecified atom stereocenters. The van der Waals surface area contributed by atoms with Crippen molar-refractivity contribution in [2.24, 2.45) is 23.9 Å². The number of likely N-dealkylation sites (tertiary alicyclic amines) is 1. The summed E-state index contributed by atoms with van der Waals surface area (Å²) in [7, 11) is 3.66. The molecule has 4 aromatic rings. The summed E-state index contributed by atoms with van der Waals surface area (Å²) in [6.45, 7) is 9.29. The van der Waals surface area contributed by atoms with E-state index in [9.17, 15) is 19.2 Å². The fourth-order valence-corrected chi connectivity index (χ4v) is 9.17. The van der Waals surface area contributed by atoms with Gasteiger partial charge < -0.3 is 24.8 Å². The minimum absolute atomic E-state index is 0.0433. The van der Waals surface area contributed by atoms with E-state index in [0.717, 1.165) is 50.1 Å². The maximum absolute atomic E-state index is 15.1. The van der Waals surface area contributed by atoms with Gasteiger partial charge in [-0.15, -0.1) is 0 Å². The third-order valence-corrected chi connectivity index (χ3v) is 12.9. The predicted molar refractivity (Wildman–Crippen MR) is 230 cm³/mol. The molecular weight excluding hydrogens is 797 g/mol. The van der Waals surface area contributed by atoms with Crippen LogP contribution in [-0.4, -0.2) is 100 Å². The lowest BCUT2D eigenvalue weighted by molar-refractivity contribution is -0.134. The number of carbonyl (C=O) groups excluding carboxylic acids is 4. The first-order valence-electron chi connectivity index (χ1n) is 21.5. The number of hydrogen-bond acceptors (Lipinski definition) is 10. The van der Waals surface area contributed by atoms with Gasteiger partial charge >= 0.3 is 0 Å². The number of hydrogen-bond donors (Lipinski definition) is 2. The number of nitrogens with zero attached hydrogens (tertiary/aromatic N) is 7. The van der Waals surface area contributed by atoms with Gasteiger partial charge in [-0.25, -0.2) is 13.5 Å². The SMILES string of the molecule is Cc1cc2cc(n1)-c1cnn(C)c1OCCC[C@@H](C)CN1/C(=N/C2=O)Nc2ccc(C(=O)N(C)[C@@H](C)C3CCN(CCc4cc(F)c([C@H]5CCC(=O)NC5=O)c(F)c4)CC3)cc21. The van der Waals surface area contributed by atoms with Gasteiger partial charge in [0.1, 0.15) is 11.6 Å². The molecule has 16 heteroatoms. The van der Waals surface area contributed by atoms with E-state index in [1.54, 1.807) is 23.0 Å². The minimum atomic E-state index is -1.02. The summed E-state index contributed by atoms with van der Waals surface area (Å²) in [5, 5.41) is 9.91. The summed E-state index contributed by atoms with van der Waals surface area (Å²) in [5.41, 5.74) is 4.63. The number of benzene rings is 2. The van der Waals surface area contributed by atoms with Gasteiger partial charge in [0.2, 0.25) is 23.7 Å². The fourth-order valence-electron chi connectivity index (χ4n) is 9.17. The van der Waals surface area contributed by atoms with Crippen molar-refractivity contribution in [2.45, 2.75) is 77.7 Å². The van der Waals surface area contributed by atoms with E-state index in [4.69, 9.17) is 4.74 Å². The molecule has 2 bridgehead atoms. The predicted octanol–water partition coefficient (Wildman–Crippen LogP) is 6.24. The highest BCUT2D eigenvalue weighted by Crippen LogP contribution is 2.37. The molecule has 4 aliphatic heterocycles. The summed E-state index contributed by atoms with van der Waals surface area (Å²) >= 11 is 0. The Morgan fingerprint density at radius 3 is 2.52 bits per heavy atom. The van der Waals surface area contributed by atoms with Crippen LogP contribution in [0.1, 0.15) is 95.8 Å². The van der Waals surface area contributed by atoms with Gasteiger partial charge in [-0.1, -0.05) is 6.92 Å². The van der Waals surface area contributed by atoms with Gasteiger partial charge in [0.05, 0.1) is 41.4 Å². The first kappa shape index (κ1) is 42.7. The van der Waals surface area contributed by atoms with Gasteiger partial charge in [-0.3, -0.25) is 29.5 Å². The number of rotatable bonds is 7. The number of ether oxygens (including phenoxy) is 1. The molecule has 2 aromatic heterocycles. The monoisotopic (exact) mass is 849 g/mol. The number of piperidine rings is 2. The van der Waals surface area contributed by atoms with Crippen molar-refractivity contribution in [3.63, 3.8) is 0 Å². The van der Waals surface area contributed by atoms with Crippen molar-refractivity contribution in [1.82, 2.24) is 29.9 Å². The zero-order valence-corrected chi connectivity index (χ0v) is 35.8. The summed E-state index contributed by atoms with van der Waals surface area (Å²) in [6.07, 6.45) is 5.61. The number of amides is 4. The molecule has 2 saturated heterocycles. The average Bonchev–Trinajstić information content (AvgIpc) is 3.78. The maximum atomic E-state index is 15.1. The Morgan fingerprint density at radius 2 is 1.77 bits per heavy atom. The molecule has 8 rings (SSSR count). The molecule has 2 N–H and O–H groups in total. The van der Waals surface area contributed by atoms with E-state index >= 15 is 8.78 Å². The third-order valence-electron chi connectivity index (χ3n) is 12.9. The summed E-state index contributed by atoms with van der Waals surface area (Å²) in [4.78, 5) is 67.1. The molecule has 14 nitrogen and oxygen atoms in total. The first-order chi connectivity index (χ1) is 29.7. The highest BCUT2D eigenvalue weighted by Gasteiger charge is 2.34. The van der Waals surface area contributed by atoms with Gasteiger partial charge in [0.25, 0.3) is 11.8 Å². The lowest BCUT2D eigenvalue weighted by Gasteiger charge is -2.38. The second-order valence-corrected chi connectivity index (χ2v) is 17.2. The largest absolute Gasteiger partial charge is 0.477 e. The zero-order valence-electron chi connectivity index (χ0n) is 35.8. The molecule has 326 valence electrons. The molecule has 0 spiro atoms. The van der Waals surface area contributed by atoms with Crippen LogP contribution in [0, 0.1) is 30.4 Å². The van der Waals surface area contributed by atoms with Crippen LogP contribution < -0.4 is 20.3 Å². The molecular formula is C46H53F2N9O5. The number of aromatic nitrogens is 3. The Hall–Kier alpha value is -6.03. The zero-order chi connectivity index (χ0) is 43.8. The van der Waals surface area contributed by atoms with Crippen molar-refractivity contribution in [2.75, 3.05) is 50.1 Å². The van der Waals surface area contributed by atoms with E-state index in [1.165, 1.54) is 12.1 Å². The number of imide groups is 1. The lowest BCUT2D eigenvalue weighted by Crippen LogP contribution is -2.45. The fraction of sp³-hybridized carbons (Fsp3) is 0.457. The van der Waals surface area contributed by atoms with Crippen molar-refractivity contribution < 1.29 is 32.7 Å². The lowest BCUT2D eigenvalue weighted by atomic mass is 9.88. The van der Waals surface area contributed by atoms with Crippen molar-refractivity contribution in [1.29, 1.82) is 0 Å².